The zero-order valence-corrected chi connectivity index (χ0v) is 27.3. The minimum Gasteiger partial charge on any atom is -0.497 e. The summed E-state index contributed by atoms with van der Waals surface area (Å²) in [4.78, 5) is 49.0. The number of rotatable bonds is 11. The molecule has 0 unspecified atom stereocenters. The van der Waals surface area contributed by atoms with Gasteiger partial charge in [-0.2, -0.15) is 0 Å². The molecule has 1 saturated carbocycles. The third-order valence-corrected chi connectivity index (χ3v) is 10.8. The fraction of sp³-hybridized carbons (Fsp3) is 0.541. The number of carbonyl (C=O) groups is 3. The molecule has 10 heteroatoms. The van der Waals surface area contributed by atoms with Crippen LogP contribution in [-0.2, 0) is 25.7 Å². The maximum absolute atomic E-state index is 14.4. The van der Waals surface area contributed by atoms with E-state index in [1.54, 1.807) is 24.1 Å². The standard InChI is InChI=1S/C37H47N5O5/c1-46-29-15-8-14-28(24-29)39-34(43)31-30-16-17-37(47-30)32(31)36(45)42(33(37)35(44)38-27-12-6-3-7-13-27)19-9-18-40-20-22-41(23-21-40)25-26-10-4-2-5-11-26/h2,4-5,8,10-11,14-17,24,27,30-33H,3,6-7,9,12-13,18-23,25H2,1H3,(H,38,44)(H,39,43)/t30-,31-,32-,33-,37-/m1/s1. The van der Waals surface area contributed by atoms with Crippen LogP contribution in [0.1, 0.15) is 44.1 Å². The van der Waals surface area contributed by atoms with Crippen LogP contribution in [-0.4, -0.2) is 103 Å². The molecule has 47 heavy (non-hydrogen) atoms. The lowest BCUT2D eigenvalue weighted by molar-refractivity contribution is -0.141. The molecule has 2 aromatic carbocycles. The van der Waals surface area contributed by atoms with E-state index in [0.29, 0.717) is 18.0 Å². The average molecular weight is 642 g/mol. The topological polar surface area (TPSA) is 103 Å². The second-order valence-corrected chi connectivity index (χ2v) is 13.8. The van der Waals surface area contributed by atoms with E-state index >= 15 is 0 Å². The number of amides is 3. The van der Waals surface area contributed by atoms with E-state index in [4.69, 9.17) is 9.47 Å². The lowest BCUT2D eigenvalue weighted by atomic mass is 9.74. The van der Waals surface area contributed by atoms with Crippen molar-refractivity contribution in [3.63, 3.8) is 0 Å². The van der Waals surface area contributed by atoms with Crippen LogP contribution in [0.5, 0.6) is 5.75 Å². The summed E-state index contributed by atoms with van der Waals surface area (Å²) in [5.41, 5.74) is 0.768. The van der Waals surface area contributed by atoms with Gasteiger partial charge in [0.25, 0.3) is 0 Å². The summed E-state index contributed by atoms with van der Waals surface area (Å²) in [5.74, 6) is -1.48. The molecule has 4 fully saturated rings. The number of hydrogen-bond acceptors (Lipinski definition) is 7. The van der Waals surface area contributed by atoms with E-state index in [1.165, 1.54) is 12.0 Å². The molecule has 2 aromatic rings. The highest BCUT2D eigenvalue weighted by Crippen LogP contribution is 2.55. The zero-order chi connectivity index (χ0) is 32.4. The van der Waals surface area contributed by atoms with Crippen molar-refractivity contribution in [2.24, 2.45) is 11.8 Å². The molecular formula is C37H47N5O5. The van der Waals surface area contributed by atoms with Crippen LogP contribution in [0.3, 0.4) is 0 Å². The van der Waals surface area contributed by atoms with Crippen LogP contribution in [0.4, 0.5) is 5.69 Å². The van der Waals surface area contributed by atoms with Gasteiger partial charge in [0, 0.05) is 57.1 Å². The maximum Gasteiger partial charge on any atom is 0.246 e. The number of likely N-dealkylation sites (tertiary alicyclic amines) is 1. The predicted octanol–water partition coefficient (Wildman–Crippen LogP) is 3.44. The molecule has 4 heterocycles. The van der Waals surface area contributed by atoms with Gasteiger partial charge in [0.2, 0.25) is 17.7 Å². The Bertz CT molecular complexity index is 1470. The molecule has 0 radical (unpaired) electrons. The quantitative estimate of drug-likeness (QED) is 0.363. The average Bonchev–Trinajstić information content (AvgIpc) is 3.74. The first-order chi connectivity index (χ1) is 22.9. The van der Waals surface area contributed by atoms with E-state index < -0.39 is 29.6 Å². The van der Waals surface area contributed by atoms with Gasteiger partial charge in [-0.25, -0.2) is 0 Å². The van der Waals surface area contributed by atoms with Crippen molar-refractivity contribution >= 4 is 23.4 Å². The minimum absolute atomic E-state index is 0.102. The fourth-order valence-electron chi connectivity index (χ4n) is 8.44. The highest BCUT2D eigenvalue weighted by atomic mass is 16.5. The summed E-state index contributed by atoms with van der Waals surface area (Å²) in [6.45, 7) is 6.18. The maximum atomic E-state index is 14.4. The van der Waals surface area contributed by atoms with Crippen LogP contribution in [0.15, 0.2) is 66.7 Å². The fourth-order valence-corrected chi connectivity index (χ4v) is 8.44. The molecule has 10 nitrogen and oxygen atoms in total. The van der Waals surface area contributed by atoms with Crippen molar-refractivity contribution in [1.82, 2.24) is 20.0 Å². The van der Waals surface area contributed by atoms with Crippen LogP contribution < -0.4 is 15.4 Å². The summed E-state index contributed by atoms with van der Waals surface area (Å²) in [7, 11) is 1.58. The number of nitrogens with one attached hydrogen (secondary N) is 2. The minimum atomic E-state index is -1.15. The first-order valence-electron chi connectivity index (χ1n) is 17.4. The van der Waals surface area contributed by atoms with E-state index in [2.05, 4.69) is 44.7 Å². The Labute approximate surface area is 277 Å². The Morgan fingerprint density at radius 2 is 1.70 bits per heavy atom. The Morgan fingerprint density at radius 1 is 0.936 bits per heavy atom. The van der Waals surface area contributed by atoms with E-state index in [1.807, 2.05) is 30.4 Å². The molecule has 1 spiro atoms. The van der Waals surface area contributed by atoms with Gasteiger partial charge < -0.3 is 29.9 Å². The molecule has 5 atom stereocenters. The molecule has 2 bridgehead atoms. The summed E-state index contributed by atoms with van der Waals surface area (Å²) in [5, 5.41) is 6.27. The van der Waals surface area contributed by atoms with Gasteiger partial charge in [0.15, 0.2) is 0 Å². The normalized spacial score (nSPS) is 29.2. The van der Waals surface area contributed by atoms with Crippen molar-refractivity contribution in [3.8, 4) is 5.75 Å². The number of ether oxygens (including phenoxy) is 2. The monoisotopic (exact) mass is 641 g/mol. The number of methoxy groups -OCH3 is 1. The third-order valence-electron chi connectivity index (χ3n) is 10.8. The van der Waals surface area contributed by atoms with Crippen LogP contribution in [0, 0.1) is 11.8 Å². The van der Waals surface area contributed by atoms with Crippen molar-refractivity contribution < 1.29 is 23.9 Å². The molecule has 2 N–H and O–H groups in total. The Kier molecular flexibility index (Phi) is 9.34. The predicted molar refractivity (Wildman–Crippen MR) is 179 cm³/mol. The van der Waals surface area contributed by atoms with Gasteiger partial charge in [-0.3, -0.25) is 19.3 Å². The van der Waals surface area contributed by atoms with E-state index in [-0.39, 0.29) is 23.8 Å². The van der Waals surface area contributed by atoms with Gasteiger partial charge in [-0.05, 0) is 43.5 Å². The molecule has 3 amide bonds. The number of piperazine rings is 1. The number of fused-ring (bicyclic) bond motifs is 1. The second-order valence-electron chi connectivity index (χ2n) is 13.8. The largest absolute Gasteiger partial charge is 0.497 e. The number of hydrogen-bond donors (Lipinski definition) is 2. The van der Waals surface area contributed by atoms with E-state index in [0.717, 1.165) is 71.4 Å². The lowest BCUT2D eigenvalue weighted by Gasteiger charge is -2.36. The van der Waals surface area contributed by atoms with Crippen molar-refractivity contribution in [1.29, 1.82) is 0 Å². The van der Waals surface area contributed by atoms with E-state index in [9.17, 15) is 14.4 Å². The highest BCUT2D eigenvalue weighted by Gasteiger charge is 2.72. The van der Waals surface area contributed by atoms with Gasteiger partial charge in [-0.1, -0.05) is 67.8 Å². The molecule has 1 aliphatic carbocycles. The van der Waals surface area contributed by atoms with Crippen molar-refractivity contribution in [2.45, 2.75) is 68.9 Å². The molecular weight excluding hydrogens is 594 g/mol. The second kappa shape index (κ2) is 13.8. The molecule has 3 saturated heterocycles. The SMILES string of the molecule is COc1cccc(NC(=O)[C@@H]2[C@H]3C=C[C@@]4(O3)[C@H]2C(=O)N(CCCN2CCN(Cc3ccccc3)CC2)[C@@H]4C(=O)NC2CCCCC2)c1. The summed E-state index contributed by atoms with van der Waals surface area (Å²) in [6.07, 6.45) is 9.22. The Hall–Kier alpha value is -3.73. The van der Waals surface area contributed by atoms with Crippen molar-refractivity contribution in [2.75, 3.05) is 51.7 Å². The first-order valence-corrected chi connectivity index (χ1v) is 17.4. The van der Waals surface area contributed by atoms with Gasteiger partial charge in [0.05, 0.1) is 25.0 Å². The Balaban J connectivity index is 1.04. The van der Waals surface area contributed by atoms with Crippen molar-refractivity contribution in [3.05, 3.63) is 72.3 Å². The molecule has 5 aliphatic rings. The molecule has 250 valence electrons. The van der Waals surface area contributed by atoms with Gasteiger partial charge in [-0.15, -0.1) is 0 Å². The Morgan fingerprint density at radius 3 is 2.47 bits per heavy atom. The highest BCUT2D eigenvalue weighted by molar-refractivity contribution is 6.02. The first kappa shape index (κ1) is 31.8. The third kappa shape index (κ3) is 6.43. The summed E-state index contributed by atoms with van der Waals surface area (Å²) >= 11 is 0. The molecule has 7 rings (SSSR count). The lowest BCUT2D eigenvalue weighted by Crippen LogP contribution is -2.56. The number of nitrogens with zero attached hydrogens (tertiary/aromatic N) is 3. The number of carbonyl (C=O) groups excluding carboxylic acids is 3. The van der Waals surface area contributed by atoms with Gasteiger partial charge in [0.1, 0.15) is 17.4 Å². The number of anilines is 1. The van der Waals surface area contributed by atoms with Crippen LogP contribution >= 0.6 is 0 Å². The zero-order valence-electron chi connectivity index (χ0n) is 27.3. The smallest absolute Gasteiger partial charge is 0.246 e. The summed E-state index contributed by atoms with van der Waals surface area (Å²) in [6, 6.07) is 17.0. The molecule has 0 aromatic heterocycles. The number of benzene rings is 2. The summed E-state index contributed by atoms with van der Waals surface area (Å²) < 4.78 is 11.9. The van der Waals surface area contributed by atoms with Crippen LogP contribution in [0.2, 0.25) is 0 Å². The van der Waals surface area contributed by atoms with Crippen LogP contribution in [0.25, 0.3) is 0 Å². The molecule has 4 aliphatic heterocycles. The van der Waals surface area contributed by atoms with Gasteiger partial charge >= 0.3 is 0 Å².